The fourth-order valence-corrected chi connectivity index (χ4v) is 1.49. The molecule has 72 valence electrons. The van der Waals surface area contributed by atoms with Crippen LogP contribution in [0.25, 0.3) is 0 Å². The van der Waals surface area contributed by atoms with Crippen LogP contribution in [-0.2, 0) is 10.2 Å². The smallest absolute Gasteiger partial charge is 0.202 e. The molecule has 0 heterocycles. The quantitative estimate of drug-likeness (QED) is 0.593. The molecule has 0 aromatic heterocycles. The summed E-state index contributed by atoms with van der Waals surface area (Å²) in [7, 11) is -3.31. The first-order valence-corrected chi connectivity index (χ1v) is 5.31. The van der Waals surface area contributed by atoms with Crippen molar-refractivity contribution in [3.63, 3.8) is 0 Å². The molecule has 0 aromatic carbocycles. The van der Waals surface area contributed by atoms with E-state index in [4.69, 9.17) is 0 Å². The number of rotatable bonds is 6. The Kier molecular flexibility index (Phi) is 5.12. The van der Waals surface area contributed by atoms with Gasteiger partial charge in [0.05, 0.1) is 0 Å². The normalized spacial score (nSPS) is 11.9. The van der Waals surface area contributed by atoms with Crippen molar-refractivity contribution in [2.75, 3.05) is 13.1 Å². The van der Waals surface area contributed by atoms with Crippen molar-refractivity contribution in [2.45, 2.75) is 13.8 Å². The maximum absolute atomic E-state index is 11.0. The highest BCUT2D eigenvalue weighted by Gasteiger charge is 2.06. The first-order valence-electron chi connectivity index (χ1n) is 3.83. The molecule has 0 amide bonds. The van der Waals surface area contributed by atoms with Crippen molar-refractivity contribution in [1.29, 1.82) is 0 Å². The highest BCUT2D eigenvalue weighted by molar-refractivity contribution is 7.87. The molecule has 2 N–H and O–H groups in total. The van der Waals surface area contributed by atoms with Gasteiger partial charge in [0.15, 0.2) is 0 Å². The molecular weight excluding hydrogens is 176 g/mol. The topological polar surface area (TPSA) is 58.2 Å². The molecule has 0 radical (unpaired) electrons. The monoisotopic (exact) mass is 192 g/mol. The Bertz CT molecular complexity index is 222. The first-order chi connectivity index (χ1) is 5.48. The summed E-state index contributed by atoms with van der Waals surface area (Å²) < 4.78 is 26.8. The van der Waals surface area contributed by atoms with Gasteiger partial charge < -0.3 is 0 Å². The van der Waals surface area contributed by atoms with Crippen molar-refractivity contribution >= 4 is 10.2 Å². The lowest BCUT2D eigenvalue weighted by Gasteiger charge is -2.07. The van der Waals surface area contributed by atoms with Crippen molar-refractivity contribution in [1.82, 2.24) is 9.44 Å². The van der Waals surface area contributed by atoms with Crippen LogP contribution in [0.5, 0.6) is 0 Å². The predicted octanol–water partition coefficient (Wildman–Crippen LogP) is 0.252. The summed E-state index contributed by atoms with van der Waals surface area (Å²) in [6.45, 7) is 7.99. The molecule has 0 atom stereocenters. The zero-order chi connectivity index (χ0) is 9.61. The average Bonchev–Trinajstić information content (AvgIpc) is 1.98. The van der Waals surface area contributed by atoms with Gasteiger partial charge in [0.2, 0.25) is 0 Å². The minimum atomic E-state index is -3.31. The Hall–Kier alpha value is -0.390. The van der Waals surface area contributed by atoms with E-state index in [1.807, 2.05) is 13.8 Å². The van der Waals surface area contributed by atoms with Crippen LogP contribution in [0.4, 0.5) is 0 Å². The van der Waals surface area contributed by atoms with Crippen LogP contribution < -0.4 is 9.44 Å². The summed E-state index contributed by atoms with van der Waals surface area (Å²) in [6, 6.07) is 0. The summed E-state index contributed by atoms with van der Waals surface area (Å²) >= 11 is 0. The van der Waals surface area contributed by atoms with Crippen molar-refractivity contribution in [3.05, 3.63) is 12.7 Å². The highest BCUT2D eigenvalue weighted by Crippen LogP contribution is 1.88. The molecule has 0 saturated carbocycles. The zero-order valence-electron chi connectivity index (χ0n) is 7.50. The molecule has 0 aliphatic rings. The van der Waals surface area contributed by atoms with E-state index in [0.717, 1.165) is 0 Å². The van der Waals surface area contributed by atoms with Gasteiger partial charge in [-0.2, -0.15) is 13.1 Å². The van der Waals surface area contributed by atoms with Crippen LogP contribution in [0.2, 0.25) is 0 Å². The minimum absolute atomic E-state index is 0.257. The Morgan fingerprint density at radius 1 is 1.42 bits per heavy atom. The maximum atomic E-state index is 11.0. The van der Waals surface area contributed by atoms with Crippen LogP contribution in [0.3, 0.4) is 0 Å². The second kappa shape index (κ2) is 5.29. The summed E-state index contributed by atoms with van der Waals surface area (Å²) in [4.78, 5) is 0. The van der Waals surface area contributed by atoms with E-state index in [2.05, 4.69) is 16.0 Å². The summed E-state index contributed by atoms with van der Waals surface area (Å²) in [5.74, 6) is 0.310. The van der Waals surface area contributed by atoms with Gasteiger partial charge in [-0.25, -0.2) is 4.72 Å². The van der Waals surface area contributed by atoms with E-state index in [1.165, 1.54) is 6.08 Å². The van der Waals surface area contributed by atoms with Gasteiger partial charge >= 0.3 is 0 Å². The fraction of sp³-hybridized carbons (Fsp3) is 0.714. The van der Waals surface area contributed by atoms with Crippen LogP contribution in [0.15, 0.2) is 12.7 Å². The van der Waals surface area contributed by atoms with E-state index >= 15 is 0 Å². The molecule has 4 nitrogen and oxygen atoms in total. The maximum Gasteiger partial charge on any atom is 0.277 e. The van der Waals surface area contributed by atoms with E-state index in [1.54, 1.807) is 0 Å². The predicted molar refractivity (Wildman–Crippen MR) is 50.0 cm³/mol. The van der Waals surface area contributed by atoms with Crippen molar-refractivity contribution in [2.24, 2.45) is 5.92 Å². The Balaban J connectivity index is 3.80. The third kappa shape index (κ3) is 6.33. The van der Waals surface area contributed by atoms with E-state index in [0.29, 0.717) is 12.5 Å². The average molecular weight is 192 g/mol. The van der Waals surface area contributed by atoms with Crippen LogP contribution in [0, 0.1) is 5.92 Å². The van der Waals surface area contributed by atoms with E-state index in [-0.39, 0.29) is 6.54 Å². The van der Waals surface area contributed by atoms with Crippen LogP contribution in [-0.4, -0.2) is 21.5 Å². The Morgan fingerprint density at radius 2 is 2.00 bits per heavy atom. The van der Waals surface area contributed by atoms with Crippen molar-refractivity contribution < 1.29 is 8.42 Å². The van der Waals surface area contributed by atoms with Gasteiger partial charge in [0.25, 0.3) is 10.2 Å². The standard InChI is InChI=1S/C7H16N2O2S/c1-4-5-8-12(10,11)9-6-7(2)3/h4,7-9H,1,5-6H2,2-3H3. The molecule has 0 rings (SSSR count). The number of hydrogen-bond acceptors (Lipinski definition) is 2. The number of nitrogens with one attached hydrogen (secondary N) is 2. The molecule has 0 bridgehead atoms. The van der Waals surface area contributed by atoms with Crippen LogP contribution >= 0.6 is 0 Å². The Morgan fingerprint density at radius 3 is 2.42 bits per heavy atom. The summed E-state index contributed by atoms with van der Waals surface area (Å²) in [5, 5.41) is 0. The van der Waals surface area contributed by atoms with Gasteiger partial charge in [0.1, 0.15) is 0 Å². The third-order valence-electron chi connectivity index (χ3n) is 1.10. The Labute approximate surface area is 74.2 Å². The van der Waals surface area contributed by atoms with Crippen molar-refractivity contribution in [3.8, 4) is 0 Å². The van der Waals surface area contributed by atoms with Crippen LogP contribution in [0.1, 0.15) is 13.8 Å². The second-order valence-corrected chi connectivity index (χ2v) is 4.47. The largest absolute Gasteiger partial charge is 0.277 e. The minimum Gasteiger partial charge on any atom is -0.202 e. The lowest BCUT2D eigenvalue weighted by molar-refractivity contribution is 0.550. The molecule has 0 saturated heterocycles. The molecule has 0 unspecified atom stereocenters. The lowest BCUT2D eigenvalue weighted by Crippen LogP contribution is -2.38. The van der Waals surface area contributed by atoms with Gasteiger partial charge in [-0.3, -0.25) is 0 Å². The zero-order valence-corrected chi connectivity index (χ0v) is 8.32. The highest BCUT2D eigenvalue weighted by atomic mass is 32.2. The summed E-state index contributed by atoms with van der Waals surface area (Å²) in [5.41, 5.74) is 0. The van der Waals surface area contributed by atoms with Gasteiger partial charge in [-0.15, -0.1) is 6.58 Å². The molecule has 0 spiro atoms. The molecule has 0 aromatic rings. The first kappa shape index (κ1) is 11.6. The van der Waals surface area contributed by atoms with E-state index in [9.17, 15) is 8.42 Å². The van der Waals surface area contributed by atoms with Gasteiger partial charge in [-0.1, -0.05) is 19.9 Å². The van der Waals surface area contributed by atoms with Gasteiger partial charge in [0, 0.05) is 13.1 Å². The molecular formula is C7H16N2O2S. The summed E-state index contributed by atoms with van der Waals surface area (Å²) in [6.07, 6.45) is 1.49. The molecule has 5 heteroatoms. The van der Waals surface area contributed by atoms with Gasteiger partial charge in [-0.05, 0) is 5.92 Å². The third-order valence-corrected chi connectivity index (χ3v) is 2.19. The van der Waals surface area contributed by atoms with E-state index < -0.39 is 10.2 Å². The lowest BCUT2D eigenvalue weighted by atomic mass is 10.2. The number of hydrogen-bond donors (Lipinski definition) is 2. The second-order valence-electron chi connectivity index (χ2n) is 2.88. The molecule has 12 heavy (non-hydrogen) atoms. The molecule has 0 fully saturated rings. The fourth-order valence-electron chi connectivity index (χ4n) is 0.496. The molecule has 0 aliphatic heterocycles. The SMILES string of the molecule is C=CCNS(=O)(=O)NCC(C)C. The molecule has 0 aliphatic carbocycles.